The van der Waals surface area contributed by atoms with Gasteiger partial charge in [-0.25, -0.2) is 0 Å². The maximum atomic E-state index is 12.1. The molecule has 3 rings (SSSR count). The monoisotopic (exact) mass is 307 g/mol. The summed E-state index contributed by atoms with van der Waals surface area (Å²) in [5, 5.41) is 12.9. The zero-order valence-electron chi connectivity index (χ0n) is 11.5. The molecule has 4 heteroatoms. The zero-order valence-corrected chi connectivity index (χ0v) is 12.3. The molecule has 0 saturated carbocycles. The van der Waals surface area contributed by atoms with Gasteiger partial charge in [0.15, 0.2) is 5.78 Å². The number of carboxylic acids is 1. The summed E-state index contributed by atoms with van der Waals surface area (Å²) >= 11 is 0.925. The van der Waals surface area contributed by atoms with Gasteiger partial charge in [0.2, 0.25) is 0 Å². The maximum absolute atomic E-state index is 12.1. The standard InChI is InChI=1S/C18H12O3S/c19-15(16-10-11-17(22-16)18(20)21)9-8-13-6-3-5-12-4-1-2-7-14(12)13/h1-11H,(H,20,21)/p-1/b9-8+. The number of ketones is 1. The molecular formula is C18H11O3S-. The Bertz CT molecular complexity index is 885. The van der Waals surface area contributed by atoms with E-state index in [4.69, 9.17) is 0 Å². The molecule has 1 heterocycles. The number of hydrogen-bond acceptors (Lipinski definition) is 4. The average molecular weight is 307 g/mol. The van der Waals surface area contributed by atoms with Gasteiger partial charge < -0.3 is 9.90 Å². The number of allylic oxidation sites excluding steroid dienone is 1. The number of rotatable bonds is 4. The van der Waals surface area contributed by atoms with Gasteiger partial charge in [0.25, 0.3) is 0 Å². The van der Waals surface area contributed by atoms with Gasteiger partial charge in [-0.3, -0.25) is 4.79 Å². The van der Waals surface area contributed by atoms with Crippen LogP contribution in [0.2, 0.25) is 0 Å². The van der Waals surface area contributed by atoms with E-state index in [2.05, 4.69) is 0 Å². The second-order valence-corrected chi connectivity index (χ2v) is 5.80. The summed E-state index contributed by atoms with van der Waals surface area (Å²) in [6, 6.07) is 16.7. The van der Waals surface area contributed by atoms with Crippen LogP contribution >= 0.6 is 11.3 Å². The maximum Gasteiger partial charge on any atom is 0.195 e. The predicted molar refractivity (Wildman–Crippen MR) is 86.0 cm³/mol. The van der Waals surface area contributed by atoms with E-state index in [1.54, 1.807) is 6.08 Å². The first-order valence-corrected chi connectivity index (χ1v) is 7.48. The highest BCUT2D eigenvalue weighted by Gasteiger charge is 2.07. The Kier molecular flexibility index (Phi) is 3.85. The fourth-order valence-corrected chi connectivity index (χ4v) is 2.98. The number of fused-ring (bicyclic) bond motifs is 1. The molecular weight excluding hydrogens is 296 g/mol. The van der Waals surface area contributed by atoms with Crippen molar-refractivity contribution in [2.24, 2.45) is 0 Å². The summed E-state index contributed by atoms with van der Waals surface area (Å²) in [6.07, 6.45) is 3.22. The molecule has 0 aliphatic rings. The number of thiophene rings is 1. The Morgan fingerprint density at radius 3 is 2.41 bits per heavy atom. The molecule has 0 saturated heterocycles. The minimum absolute atomic E-state index is 0.0573. The van der Waals surface area contributed by atoms with E-state index in [0.717, 1.165) is 27.7 Å². The zero-order chi connectivity index (χ0) is 15.5. The first-order valence-electron chi connectivity index (χ1n) is 6.66. The number of carbonyl (C=O) groups excluding carboxylic acids is 2. The normalized spacial score (nSPS) is 11.1. The van der Waals surface area contributed by atoms with Crippen LogP contribution < -0.4 is 5.11 Å². The van der Waals surface area contributed by atoms with E-state index in [1.165, 1.54) is 18.2 Å². The average Bonchev–Trinajstić information content (AvgIpc) is 3.03. The molecule has 3 aromatic rings. The van der Waals surface area contributed by atoms with Crippen molar-refractivity contribution < 1.29 is 14.7 Å². The predicted octanol–water partition coefficient (Wildman–Crippen LogP) is 3.16. The van der Waals surface area contributed by atoms with Gasteiger partial charge in [-0.05, 0) is 34.5 Å². The molecule has 2 aromatic carbocycles. The quantitative estimate of drug-likeness (QED) is 0.549. The lowest BCUT2D eigenvalue weighted by atomic mass is 10.0. The van der Waals surface area contributed by atoms with Crippen molar-refractivity contribution in [1.82, 2.24) is 0 Å². The van der Waals surface area contributed by atoms with E-state index >= 15 is 0 Å². The van der Waals surface area contributed by atoms with Crippen molar-refractivity contribution >= 4 is 39.9 Å². The molecule has 0 bridgehead atoms. The minimum Gasteiger partial charge on any atom is -0.544 e. The van der Waals surface area contributed by atoms with Gasteiger partial charge in [-0.15, -0.1) is 11.3 Å². The van der Waals surface area contributed by atoms with Gasteiger partial charge in [0, 0.05) is 0 Å². The molecule has 0 radical (unpaired) electrons. The number of aromatic carboxylic acids is 1. The highest BCUT2D eigenvalue weighted by molar-refractivity contribution is 7.16. The summed E-state index contributed by atoms with van der Waals surface area (Å²) in [4.78, 5) is 23.3. The molecule has 0 N–H and O–H groups in total. The van der Waals surface area contributed by atoms with Crippen LogP contribution in [0.25, 0.3) is 16.8 Å². The van der Waals surface area contributed by atoms with E-state index in [-0.39, 0.29) is 10.7 Å². The number of carboxylic acid groups (broad SMARTS) is 1. The summed E-state index contributed by atoms with van der Waals surface area (Å²) in [5.41, 5.74) is 0.947. The van der Waals surface area contributed by atoms with Crippen molar-refractivity contribution in [3.8, 4) is 0 Å². The van der Waals surface area contributed by atoms with Crippen molar-refractivity contribution in [2.45, 2.75) is 0 Å². The highest BCUT2D eigenvalue weighted by Crippen LogP contribution is 2.21. The SMILES string of the molecule is O=C([O-])c1ccc(C(=O)/C=C/c2cccc3ccccc23)s1. The Morgan fingerprint density at radius 2 is 1.64 bits per heavy atom. The summed E-state index contributed by atoms with van der Waals surface area (Å²) < 4.78 is 0. The third-order valence-corrected chi connectivity index (χ3v) is 4.37. The van der Waals surface area contributed by atoms with Crippen molar-refractivity contribution in [2.75, 3.05) is 0 Å². The van der Waals surface area contributed by atoms with Gasteiger partial charge in [-0.2, -0.15) is 0 Å². The molecule has 0 unspecified atom stereocenters. The van der Waals surface area contributed by atoms with E-state index in [0.29, 0.717) is 4.88 Å². The van der Waals surface area contributed by atoms with Crippen LogP contribution in [0.1, 0.15) is 24.9 Å². The lowest BCUT2D eigenvalue weighted by molar-refractivity contribution is -0.254. The van der Waals surface area contributed by atoms with Crippen LogP contribution in [-0.2, 0) is 0 Å². The number of benzene rings is 2. The second-order valence-electron chi connectivity index (χ2n) is 4.72. The molecule has 1 aromatic heterocycles. The van der Waals surface area contributed by atoms with Crippen molar-refractivity contribution in [1.29, 1.82) is 0 Å². The fraction of sp³-hybridized carbons (Fsp3) is 0. The van der Waals surface area contributed by atoms with Gasteiger partial charge >= 0.3 is 0 Å². The van der Waals surface area contributed by atoms with Crippen LogP contribution in [0.5, 0.6) is 0 Å². The largest absolute Gasteiger partial charge is 0.544 e. The third kappa shape index (κ3) is 2.82. The van der Waals surface area contributed by atoms with Gasteiger partial charge in [-0.1, -0.05) is 48.5 Å². The van der Waals surface area contributed by atoms with E-state index < -0.39 is 5.97 Å². The Morgan fingerprint density at radius 1 is 0.909 bits per heavy atom. The molecule has 0 atom stereocenters. The Labute approximate surface area is 131 Å². The molecule has 0 aliphatic heterocycles. The summed E-state index contributed by atoms with van der Waals surface area (Å²) in [7, 11) is 0. The first-order chi connectivity index (χ1) is 10.6. The lowest BCUT2D eigenvalue weighted by Gasteiger charge is -2.01. The molecule has 22 heavy (non-hydrogen) atoms. The smallest absolute Gasteiger partial charge is 0.195 e. The highest BCUT2D eigenvalue weighted by atomic mass is 32.1. The van der Waals surface area contributed by atoms with E-state index in [1.807, 2.05) is 42.5 Å². The third-order valence-electron chi connectivity index (χ3n) is 3.29. The number of hydrogen-bond donors (Lipinski definition) is 0. The van der Waals surface area contributed by atoms with Gasteiger partial charge in [0.05, 0.1) is 15.7 Å². The molecule has 3 nitrogen and oxygen atoms in total. The molecule has 0 aliphatic carbocycles. The van der Waals surface area contributed by atoms with Crippen molar-refractivity contribution in [3.63, 3.8) is 0 Å². The topological polar surface area (TPSA) is 57.2 Å². The van der Waals surface area contributed by atoms with Crippen LogP contribution in [0.15, 0.2) is 60.7 Å². The molecule has 108 valence electrons. The van der Waals surface area contributed by atoms with Crippen molar-refractivity contribution in [3.05, 3.63) is 76.0 Å². The van der Waals surface area contributed by atoms with Crippen LogP contribution in [0, 0.1) is 0 Å². The Balaban J connectivity index is 1.89. The Hall–Kier alpha value is -2.72. The van der Waals surface area contributed by atoms with Crippen LogP contribution in [0.3, 0.4) is 0 Å². The van der Waals surface area contributed by atoms with Gasteiger partial charge in [0.1, 0.15) is 0 Å². The summed E-state index contributed by atoms with van der Waals surface area (Å²) in [6.45, 7) is 0. The van der Waals surface area contributed by atoms with Crippen LogP contribution in [-0.4, -0.2) is 11.8 Å². The summed E-state index contributed by atoms with van der Waals surface area (Å²) in [5.74, 6) is -1.48. The van der Waals surface area contributed by atoms with Crippen LogP contribution in [0.4, 0.5) is 0 Å². The fourth-order valence-electron chi connectivity index (χ4n) is 2.22. The van der Waals surface area contributed by atoms with E-state index in [9.17, 15) is 14.7 Å². The number of carbonyl (C=O) groups is 2. The first kappa shape index (κ1) is 14.2. The minimum atomic E-state index is -1.26. The second kappa shape index (κ2) is 5.95. The lowest BCUT2D eigenvalue weighted by Crippen LogP contribution is -2.20. The molecule has 0 fully saturated rings. The molecule has 0 spiro atoms. The molecule has 0 amide bonds.